The van der Waals surface area contributed by atoms with Crippen molar-refractivity contribution in [2.45, 2.75) is 99.0 Å². The van der Waals surface area contributed by atoms with Crippen LogP contribution in [0.3, 0.4) is 0 Å². The first-order chi connectivity index (χ1) is 15.1. The molecular weight excluding hydrogens is 394 g/mol. The van der Waals surface area contributed by atoms with Crippen LogP contribution in [0.4, 0.5) is 0 Å². The second kappa shape index (κ2) is 7.42. The molecule has 0 radical (unpaired) electrons. The van der Waals surface area contributed by atoms with Crippen LogP contribution in [0.5, 0.6) is 0 Å². The summed E-state index contributed by atoms with van der Waals surface area (Å²) >= 11 is 0. The molecule has 4 heteroatoms. The zero-order chi connectivity index (χ0) is 22.8. The van der Waals surface area contributed by atoms with Gasteiger partial charge in [0.05, 0.1) is 25.5 Å². The van der Waals surface area contributed by atoms with E-state index in [-0.39, 0.29) is 0 Å². The van der Waals surface area contributed by atoms with Crippen LogP contribution in [0.15, 0.2) is 24.0 Å². The molecule has 1 heterocycles. The molecule has 0 aromatic carbocycles. The number of aryl methyl sites for hydroxylation is 1. The van der Waals surface area contributed by atoms with Crippen LogP contribution >= 0.6 is 0 Å². The van der Waals surface area contributed by atoms with Gasteiger partial charge in [0.15, 0.2) is 0 Å². The molecule has 32 heavy (non-hydrogen) atoms. The number of aromatic nitrogens is 3. The van der Waals surface area contributed by atoms with Gasteiger partial charge < -0.3 is 4.74 Å². The molecular formula is C28H45N3O. The fraction of sp³-hybridized carbons (Fsp3) is 0.857. The maximum Gasteiger partial charge on any atom is 0.0693 e. The molecule has 4 nitrogen and oxygen atoms in total. The summed E-state index contributed by atoms with van der Waals surface area (Å²) in [4.78, 5) is 1.88. The Bertz CT molecular complexity index is 879. The number of hydrogen-bond acceptors (Lipinski definition) is 3. The Morgan fingerprint density at radius 1 is 1.00 bits per heavy atom. The number of ether oxygens (including phenoxy) is 1. The average molecular weight is 440 g/mol. The first-order valence-corrected chi connectivity index (χ1v) is 13.1. The van der Waals surface area contributed by atoms with Crippen molar-refractivity contribution < 1.29 is 4.74 Å². The summed E-state index contributed by atoms with van der Waals surface area (Å²) < 4.78 is 5.66. The van der Waals surface area contributed by atoms with Crippen LogP contribution in [0, 0.1) is 38.9 Å². The van der Waals surface area contributed by atoms with Crippen molar-refractivity contribution in [3.63, 3.8) is 0 Å². The Morgan fingerprint density at radius 3 is 2.47 bits per heavy atom. The maximum atomic E-state index is 5.66. The summed E-state index contributed by atoms with van der Waals surface area (Å²) in [6, 6.07) is 0. The minimum Gasteiger partial charge on any atom is -0.384 e. The number of nitrogens with zero attached hydrogens (tertiary/aromatic N) is 3. The molecule has 1 aromatic rings. The van der Waals surface area contributed by atoms with E-state index in [9.17, 15) is 0 Å². The van der Waals surface area contributed by atoms with E-state index in [4.69, 9.17) is 4.74 Å². The van der Waals surface area contributed by atoms with Gasteiger partial charge in [0, 0.05) is 7.11 Å². The highest BCUT2D eigenvalue weighted by atomic mass is 16.5. The van der Waals surface area contributed by atoms with Gasteiger partial charge in [-0.2, -0.15) is 15.0 Å². The van der Waals surface area contributed by atoms with E-state index in [1.807, 2.05) is 17.5 Å². The predicted molar refractivity (Wildman–Crippen MR) is 129 cm³/mol. The molecule has 4 aliphatic carbocycles. The van der Waals surface area contributed by atoms with Gasteiger partial charge in [-0.05, 0) is 96.7 Å². The van der Waals surface area contributed by atoms with Gasteiger partial charge in [0.25, 0.3) is 0 Å². The Kier molecular flexibility index (Phi) is 5.24. The molecule has 0 aliphatic heterocycles. The van der Waals surface area contributed by atoms with Crippen molar-refractivity contribution in [2.24, 2.45) is 38.9 Å². The smallest absolute Gasteiger partial charge is 0.0693 e. The highest BCUT2D eigenvalue weighted by Gasteiger charge is 2.67. The Balaban J connectivity index is 1.43. The van der Waals surface area contributed by atoms with Gasteiger partial charge in [0.2, 0.25) is 0 Å². The number of rotatable bonds is 5. The fourth-order valence-electron chi connectivity index (χ4n) is 9.55. The van der Waals surface area contributed by atoms with Crippen LogP contribution < -0.4 is 0 Å². The normalized spacial score (nSPS) is 48.0. The van der Waals surface area contributed by atoms with E-state index in [0.29, 0.717) is 27.1 Å². The molecule has 5 unspecified atom stereocenters. The Morgan fingerprint density at radius 2 is 1.75 bits per heavy atom. The molecule has 0 bridgehead atoms. The van der Waals surface area contributed by atoms with Crippen LogP contribution in [-0.2, 0) is 11.3 Å². The van der Waals surface area contributed by atoms with Gasteiger partial charge in [-0.15, -0.1) is 0 Å². The lowest BCUT2D eigenvalue weighted by Gasteiger charge is -2.66. The molecule has 0 N–H and O–H groups in total. The molecule has 0 saturated heterocycles. The van der Waals surface area contributed by atoms with Gasteiger partial charge in [0.1, 0.15) is 0 Å². The van der Waals surface area contributed by atoms with Gasteiger partial charge in [-0.25, -0.2) is 0 Å². The van der Waals surface area contributed by atoms with Gasteiger partial charge >= 0.3 is 0 Å². The van der Waals surface area contributed by atoms with Crippen molar-refractivity contribution in [3.8, 4) is 0 Å². The van der Waals surface area contributed by atoms with E-state index in [1.54, 1.807) is 12.4 Å². The number of fused-ring (bicyclic) bond motifs is 5. The lowest BCUT2D eigenvalue weighted by Crippen LogP contribution is -2.58. The number of hydrogen-bond donors (Lipinski definition) is 0. The third-order valence-electron chi connectivity index (χ3n) is 11.7. The monoisotopic (exact) mass is 439 g/mol. The molecule has 3 fully saturated rings. The summed E-state index contributed by atoms with van der Waals surface area (Å²) in [5.41, 5.74) is 3.75. The molecule has 4 aliphatic rings. The van der Waals surface area contributed by atoms with E-state index >= 15 is 0 Å². The third-order valence-corrected chi connectivity index (χ3v) is 11.7. The van der Waals surface area contributed by atoms with Crippen LogP contribution in [-0.4, -0.2) is 28.7 Å². The summed E-state index contributed by atoms with van der Waals surface area (Å²) in [6.45, 7) is 14.9. The largest absolute Gasteiger partial charge is 0.384 e. The minimum absolute atomic E-state index is 0.345. The van der Waals surface area contributed by atoms with Crippen LogP contribution in [0.25, 0.3) is 0 Å². The Labute approximate surface area is 195 Å². The molecule has 3 saturated carbocycles. The average Bonchev–Trinajstić information content (AvgIpc) is 3.34. The first kappa shape index (κ1) is 22.6. The molecule has 0 amide bonds. The number of methoxy groups -OCH3 is 1. The predicted octanol–water partition coefficient (Wildman–Crippen LogP) is 6.68. The van der Waals surface area contributed by atoms with Crippen molar-refractivity contribution in [3.05, 3.63) is 24.0 Å². The summed E-state index contributed by atoms with van der Waals surface area (Å²) in [7, 11) is 1.88. The Hall–Kier alpha value is -1.16. The lowest BCUT2D eigenvalue weighted by atomic mass is 9.38. The summed E-state index contributed by atoms with van der Waals surface area (Å²) in [5.74, 6) is 1.53. The highest BCUT2D eigenvalue weighted by molar-refractivity contribution is 5.34. The van der Waals surface area contributed by atoms with E-state index in [0.717, 1.165) is 25.0 Å². The quantitative estimate of drug-likeness (QED) is 0.480. The van der Waals surface area contributed by atoms with Gasteiger partial charge in [-0.3, -0.25) is 0 Å². The molecule has 178 valence electrons. The maximum absolute atomic E-state index is 5.66. The van der Waals surface area contributed by atoms with Crippen LogP contribution in [0.1, 0.15) is 92.4 Å². The summed E-state index contributed by atoms with van der Waals surface area (Å²) in [6.07, 6.45) is 18.3. The molecule has 0 spiro atoms. The minimum atomic E-state index is 0.345. The fourth-order valence-corrected chi connectivity index (χ4v) is 9.55. The second-order valence-corrected chi connectivity index (χ2v) is 13.3. The molecule has 7 atom stereocenters. The van der Waals surface area contributed by atoms with Crippen molar-refractivity contribution in [1.82, 2.24) is 15.0 Å². The van der Waals surface area contributed by atoms with Crippen molar-refractivity contribution in [2.75, 3.05) is 13.7 Å². The van der Waals surface area contributed by atoms with E-state index in [2.05, 4.69) is 50.9 Å². The van der Waals surface area contributed by atoms with Crippen LogP contribution in [0.2, 0.25) is 0 Å². The van der Waals surface area contributed by atoms with Crippen molar-refractivity contribution >= 4 is 0 Å². The zero-order valence-corrected chi connectivity index (χ0v) is 21.4. The lowest BCUT2D eigenvalue weighted by molar-refractivity contribution is -0.106. The highest BCUT2D eigenvalue weighted by Crippen LogP contribution is 2.76. The van der Waals surface area contributed by atoms with Gasteiger partial charge in [-0.1, -0.05) is 46.3 Å². The van der Waals surface area contributed by atoms with E-state index in [1.165, 1.54) is 57.8 Å². The second-order valence-electron chi connectivity index (χ2n) is 13.3. The zero-order valence-electron chi connectivity index (χ0n) is 21.4. The number of allylic oxidation sites excluding steroid dienone is 2. The summed E-state index contributed by atoms with van der Waals surface area (Å²) in [5, 5.41) is 8.73. The topological polar surface area (TPSA) is 39.9 Å². The SMILES string of the molecule is COC[C@@]1(C)CCC2C3=CCC4(C)C(CCn5nccn5)CC[C@@]4(C)C3(C)CCC2(C)C1. The first-order valence-electron chi connectivity index (χ1n) is 13.1. The van der Waals surface area contributed by atoms with Crippen molar-refractivity contribution in [1.29, 1.82) is 0 Å². The molecule has 5 rings (SSSR count). The van der Waals surface area contributed by atoms with E-state index < -0.39 is 0 Å². The standard InChI is InChI=1S/C28H45N3O/c1-24(20-32-6)11-8-22-23-9-12-26(3)21(10-18-31-29-16-17-30-31)7-13-28(26,5)27(23,4)15-14-25(22,2)19-24/h9,16-17,21-22H,7-8,10-15,18-20H2,1-6H3/t21?,22?,24-,25?,26?,27?,28+/m0/s1. The third kappa shape index (κ3) is 3.03. The molecule has 1 aromatic heterocycles.